The van der Waals surface area contributed by atoms with Crippen LogP contribution in [0, 0.1) is 0 Å². The molecule has 0 fully saturated rings. The van der Waals surface area contributed by atoms with E-state index < -0.39 is 0 Å². The van der Waals surface area contributed by atoms with Gasteiger partial charge < -0.3 is 21.3 Å². The highest BCUT2D eigenvalue weighted by Crippen LogP contribution is 2.05. The number of nitrogens with two attached hydrogens (primary N) is 1. The van der Waals surface area contributed by atoms with Gasteiger partial charge in [0.05, 0.1) is 6.54 Å². The lowest BCUT2D eigenvalue weighted by Gasteiger charge is -2.12. The van der Waals surface area contributed by atoms with E-state index in [1.54, 1.807) is 32.4 Å². The average molecular weight is 251 g/mol. The van der Waals surface area contributed by atoms with E-state index in [0.29, 0.717) is 5.82 Å². The number of carbonyl (C=O) groups excluding carboxylic acids is 2. The van der Waals surface area contributed by atoms with E-state index in [2.05, 4.69) is 15.6 Å². The van der Waals surface area contributed by atoms with E-state index >= 15 is 0 Å². The van der Waals surface area contributed by atoms with Crippen LogP contribution in [0.2, 0.25) is 0 Å². The molecule has 0 atom stereocenters. The van der Waals surface area contributed by atoms with Gasteiger partial charge in [0.2, 0.25) is 5.91 Å². The number of carbonyl (C=O) groups is 2. The molecule has 7 nitrogen and oxygen atoms in total. The van der Waals surface area contributed by atoms with Gasteiger partial charge >= 0.3 is 6.03 Å². The molecule has 98 valence electrons. The molecule has 0 aliphatic rings. The van der Waals surface area contributed by atoms with Gasteiger partial charge in [-0.3, -0.25) is 4.79 Å². The fourth-order valence-corrected chi connectivity index (χ4v) is 1.17. The molecule has 7 heteroatoms. The summed E-state index contributed by atoms with van der Waals surface area (Å²) in [5.41, 5.74) is 6.37. The number of rotatable bonds is 4. The second-order valence-corrected chi connectivity index (χ2v) is 3.88. The molecule has 1 heterocycles. The molecule has 18 heavy (non-hydrogen) atoms. The Hall–Kier alpha value is -2.31. The number of nitrogen functional groups attached to an aromatic ring is 1. The summed E-state index contributed by atoms with van der Waals surface area (Å²) in [6, 6.07) is 3.21. The minimum atomic E-state index is -0.314. The Bertz CT molecular complexity index is 433. The van der Waals surface area contributed by atoms with Crippen LogP contribution in [-0.4, -0.2) is 42.5 Å². The number of urea groups is 1. The highest BCUT2D eigenvalue weighted by atomic mass is 16.2. The molecule has 0 aliphatic carbocycles. The third-order valence-electron chi connectivity index (χ3n) is 2.21. The summed E-state index contributed by atoms with van der Waals surface area (Å²) >= 11 is 0. The van der Waals surface area contributed by atoms with E-state index in [1.165, 1.54) is 4.90 Å². The Morgan fingerprint density at radius 1 is 1.39 bits per heavy atom. The fourth-order valence-electron chi connectivity index (χ4n) is 1.17. The topological polar surface area (TPSA) is 100 Å². The standard InChI is InChI=1S/C11H17N5O2/c1-16(2)11(18)15-7-9(17)14-6-8-4-3-5-13-10(8)12/h3-5H,6-7H2,1-2H3,(H2,12,13)(H,14,17)(H,15,18). The average Bonchev–Trinajstić information content (AvgIpc) is 2.34. The molecule has 0 radical (unpaired) electrons. The second-order valence-electron chi connectivity index (χ2n) is 3.88. The number of anilines is 1. The number of aromatic nitrogens is 1. The van der Waals surface area contributed by atoms with Gasteiger partial charge in [-0.2, -0.15) is 0 Å². The van der Waals surface area contributed by atoms with Crippen LogP contribution >= 0.6 is 0 Å². The van der Waals surface area contributed by atoms with Gasteiger partial charge in [0, 0.05) is 32.4 Å². The van der Waals surface area contributed by atoms with Gasteiger partial charge in [-0.15, -0.1) is 0 Å². The number of hydrogen-bond donors (Lipinski definition) is 3. The van der Waals surface area contributed by atoms with Crippen molar-refractivity contribution in [2.24, 2.45) is 0 Å². The Labute approximate surface area is 105 Å². The Morgan fingerprint density at radius 3 is 2.72 bits per heavy atom. The van der Waals surface area contributed by atoms with Crippen LogP contribution in [0.1, 0.15) is 5.56 Å². The maximum atomic E-state index is 11.4. The lowest BCUT2D eigenvalue weighted by atomic mass is 10.2. The van der Waals surface area contributed by atoms with Crippen molar-refractivity contribution in [1.82, 2.24) is 20.5 Å². The molecular formula is C11H17N5O2. The molecule has 0 aromatic carbocycles. The molecule has 1 rings (SSSR count). The van der Waals surface area contributed by atoms with Crippen molar-refractivity contribution in [2.75, 3.05) is 26.4 Å². The van der Waals surface area contributed by atoms with E-state index in [0.717, 1.165) is 5.56 Å². The van der Waals surface area contributed by atoms with Gasteiger partial charge in [0.25, 0.3) is 0 Å². The monoisotopic (exact) mass is 251 g/mol. The van der Waals surface area contributed by atoms with E-state index in [9.17, 15) is 9.59 Å². The van der Waals surface area contributed by atoms with Gasteiger partial charge in [-0.1, -0.05) is 6.07 Å². The summed E-state index contributed by atoms with van der Waals surface area (Å²) in [5, 5.41) is 5.10. The van der Waals surface area contributed by atoms with Gasteiger partial charge in [-0.05, 0) is 6.07 Å². The van der Waals surface area contributed by atoms with E-state index in [4.69, 9.17) is 5.73 Å². The maximum Gasteiger partial charge on any atom is 0.317 e. The van der Waals surface area contributed by atoms with Crippen molar-refractivity contribution in [3.63, 3.8) is 0 Å². The van der Waals surface area contributed by atoms with Crippen LogP contribution in [-0.2, 0) is 11.3 Å². The second kappa shape index (κ2) is 6.43. The van der Waals surface area contributed by atoms with Crippen LogP contribution in [0.15, 0.2) is 18.3 Å². The zero-order valence-electron chi connectivity index (χ0n) is 10.4. The predicted octanol–water partition coefficient (Wildman–Crippen LogP) is -0.449. The Morgan fingerprint density at radius 2 is 2.11 bits per heavy atom. The Balaban J connectivity index is 2.34. The Kier molecular flexibility index (Phi) is 4.91. The van der Waals surface area contributed by atoms with Crippen LogP contribution in [0.4, 0.5) is 10.6 Å². The molecule has 0 saturated carbocycles. The summed E-state index contributed by atoms with van der Waals surface area (Å²) < 4.78 is 0. The zero-order valence-corrected chi connectivity index (χ0v) is 10.4. The number of nitrogens with zero attached hydrogens (tertiary/aromatic N) is 2. The van der Waals surface area contributed by atoms with E-state index in [1.807, 2.05) is 0 Å². The number of hydrogen-bond acceptors (Lipinski definition) is 4. The lowest BCUT2D eigenvalue weighted by molar-refractivity contribution is -0.120. The van der Waals surface area contributed by atoms with Crippen molar-refractivity contribution < 1.29 is 9.59 Å². The third kappa shape index (κ3) is 4.28. The highest BCUT2D eigenvalue weighted by molar-refractivity contribution is 5.83. The van der Waals surface area contributed by atoms with Crippen LogP contribution < -0.4 is 16.4 Å². The van der Waals surface area contributed by atoms with Gasteiger partial charge in [0.1, 0.15) is 5.82 Å². The van der Waals surface area contributed by atoms with Gasteiger partial charge in [-0.25, -0.2) is 9.78 Å². The molecule has 0 unspecified atom stereocenters. The van der Waals surface area contributed by atoms with Crippen molar-refractivity contribution in [1.29, 1.82) is 0 Å². The fraction of sp³-hybridized carbons (Fsp3) is 0.364. The molecule has 0 saturated heterocycles. The maximum absolute atomic E-state index is 11.4. The minimum absolute atomic E-state index is 0.0722. The van der Waals surface area contributed by atoms with Crippen LogP contribution in [0.5, 0.6) is 0 Å². The quantitative estimate of drug-likeness (QED) is 0.674. The first-order chi connectivity index (χ1) is 8.50. The molecule has 0 bridgehead atoms. The predicted molar refractivity (Wildman–Crippen MR) is 67.6 cm³/mol. The summed E-state index contributed by atoms with van der Waals surface area (Å²) in [6.45, 7) is 0.216. The molecule has 3 amide bonds. The third-order valence-corrected chi connectivity index (χ3v) is 2.21. The highest BCUT2D eigenvalue weighted by Gasteiger charge is 2.07. The summed E-state index contributed by atoms with van der Waals surface area (Å²) in [6.07, 6.45) is 1.58. The normalized spacial score (nSPS) is 9.67. The summed E-state index contributed by atoms with van der Waals surface area (Å²) in [7, 11) is 3.20. The molecule has 0 aliphatic heterocycles. The van der Waals surface area contributed by atoms with Crippen molar-refractivity contribution in [3.8, 4) is 0 Å². The number of amides is 3. The van der Waals surface area contributed by atoms with Crippen LogP contribution in [0.3, 0.4) is 0 Å². The zero-order chi connectivity index (χ0) is 13.5. The smallest absolute Gasteiger partial charge is 0.317 e. The van der Waals surface area contributed by atoms with Crippen LogP contribution in [0.25, 0.3) is 0 Å². The summed E-state index contributed by atoms with van der Waals surface area (Å²) in [4.78, 5) is 27.9. The number of nitrogens with one attached hydrogen (secondary N) is 2. The number of pyridine rings is 1. The SMILES string of the molecule is CN(C)C(=O)NCC(=O)NCc1cccnc1N. The molecule has 0 spiro atoms. The summed E-state index contributed by atoms with van der Waals surface area (Å²) in [5.74, 6) is 0.101. The molecule has 4 N–H and O–H groups in total. The van der Waals surface area contributed by atoms with Crippen molar-refractivity contribution >= 4 is 17.8 Å². The first-order valence-corrected chi connectivity index (χ1v) is 5.42. The first-order valence-electron chi connectivity index (χ1n) is 5.42. The molecule has 1 aromatic heterocycles. The lowest BCUT2D eigenvalue weighted by Crippen LogP contribution is -2.41. The molecular weight excluding hydrogens is 234 g/mol. The van der Waals surface area contributed by atoms with E-state index in [-0.39, 0.29) is 25.0 Å². The van der Waals surface area contributed by atoms with Crippen molar-refractivity contribution in [3.05, 3.63) is 23.9 Å². The first kappa shape index (κ1) is 13.8. The largest absolute Gasteiger partial charge is 0.383 e. The van der Waals surface area contributed by atoms with Gasteiger partial charge in [0.15, 0.2) is 0 Å². The van der Waals surface area contributed by atoms with Crippen molar-refractivity contribution in [2.45, 2.75) is 6.54 Å². The minimum Gasteiger partial charge on any atom is -0.383 e. The molecule has 1 aromatic rings.